The molecule has 0 bridgehead atoms. The average Bonchev–Trinajstić information content (AvgIpc) is 2.40. The van der Waals surface area contributed by atoms with E-state index < -0.39 is 11.6 Å². The Balaban J connectivity index is 2.58. The van der Waals surface area contributed by atoms with Crippen LogP contribution in [-0.4, -0.2) is 18.4 Å². The molecule has 0 spiro atoms. The summed E-state index contributed by atoms with van der Waals surface area (Å²) in [6.07, 6.45) is 1.25. The molecule has 0 atom stereocenters. The fourth-order valence-corrected chi connectivity index (χ4v) is 1.56. The van der Waals surface area contributed by atoms with Gasteiger partial charge in [-0.05, 0) is 18.2 Å². The molecule has 5 heteroatoms. The molecule has 0 aliphatic rings. The number of aldehydes is 1. The number of halogens is 2. The molecule has 2 rings (SSSR count). The molecular weight excluding hydrogens is 240 g/mol. The van der Waals surface area contributed by atoms with Crippen molar-refractivity contribution >= 4 is 6.29 Å². The van der Waals surface area contributed by atoms with Gasteiger partial charge in [0.1, 0.15) is 0 Å². The van der Waals surface area contributed by atoms with Crippen LogP contribution in [0.15, 0.2) is 30.5 Å². The van der Waals surface area contributed by atoms with E-state index in [1.807, 2.05) is 0 Å². The van der Waals surface area contributed by atoms with Crippen LogP contribution in [0.2, 0.25) is 0 Å². The molecule has 92 valence electrons. The number of benzene rings is 1. The van der Waals surface area contributed by atoms with E-state index in [4.69, 9.17) is 4.74 Å². The molecule has 3 nitrogen and oxygen atoms in total. The van der Waals surface area contributed by atoms with Crippen LogP contribution in [0.3, 0.4) is 0 Å². The van der Waals surface area contributed by atoms with Crippen molar-refractivity contribution in [3.8, 4) is 17.0 Å². The maximum atomic E-state index is 13.9. The van der Waals surface area contributed by atoms with Crippen LogP contribution in [0.4, 0.5) is 8.78 Å². The van der Waals surface area contributed by atoms with Gasteiger partial charge in [0.25, 0.3) is 0 Å². The SMILES string of the molecule is COc1cccc(-c2cc(C=O)c(F)cn2)c1F. The van der Waals surface area contributed by atoms with Crippen molar-refractivity contribution in [3.63, 3.8) is 0 Å². The van der Waals surface area contributed by atoms with Crippen LogP contribution >= 0.6 is 0 Å². The second-order valence-electron chi connectivity index (χ2n) is 3.53. The van der Waals surface area contributed by atoms with Gasteiger partial charge in [-0.25, -0.2) is 8.78 Å². The lowest BCUT2D eigenvalue weighted by atomic mass is 10.1. The van der Waals surface area contributed by atoms with Gasteiger partial charge in [-0.3, -0.25) is 9.78 Å². The van der Waals surface area contributed by atoms with Gasteiger partial charge in [0, 0.05) is 5.56 Å². The molecule has 1 aromatic heterocycles. The molecular formula is C13H9F2NO2. The zero-order valence-electron chi connectivity index (χ0n) is 9.48. The molecule has 0 radical (unpaired) electrons. The first-order valence-corrected chi connectivity index (χ1v) is 5.11. The standard InChI is InChI=1S/C13H9F2NO2/c1-18-12-4-2-3-9(13(12)15)11-5-8(7-17)10(14)6-16-11/h2-7H,1H3. The van der Waals surface area contributed by atoms with Gasteiger partial charge in [-0.1, -0.05) is 6.07 Å². The van der Waals surface area contributed by atoms with Crippen LogP contribution in [0, 0.1) is 11.6 Å². The number of nitrogens with zero attached hydrogens (tertiary/aromatic N) is 1. The zero-order chi connectivity index (χ0) is 13.1. The third-order valence-corrected chi connectivity index (χ3v) is 2.47. The molecule has 18 heavy (non-hydrogen) atoms. The van der Waals surface area contributed by atoms with Gasteiger partial charge in [0.15, 0.2) is 23.7 Å². The van der Waals surface area contributed by atoms with Crippen molar-refractivity contribution in [2.75, 3.05) is 7.11 Å². The molecule has 0 saturated heterocycles. The Labute approximate surface area is 102 Å². The highest BCUT2D eigenvalue weighted by Crippen LogP contribution is 2.28. The Hall–Kier alpha value is -2.30. The van der Waals surface area contributed by atoms with Crippen molar-refractivity contribution in [1.82, 2.24) is 4.98 Å². The normalized spacial score (nSPS) is 10.2. The lowest BCUT2D eigenvalue weighted by Gasteiger charge is -2.07. The molecule has 0 amide bonds. The smallest absolute Gasteiger partial charge is 0.174 e. The summed E-state index contributed by atoms with van der Waals surface area (Å²) < 4.78 is 31.9. The van der Waals surface area contributed by atoms with E-state index in [1.165, 1.54) is 25.3 Å². The van der Waals surface area contributed by atoms with Crippen LogP contribution in [0.5, 0.6) is 5.75 Å². The van der Waals surface area contributed by atoms with Gasteiger partial charge in [-0.15, -0.1) is 0 Å². The Morgan fingerprint density at radius 1 is 1.33 bits per heavy atom. The second-order valence-corrected chi connectivity index (χ2v) is 3.53. The van der Waals surface area contributed by atoms with Gasteiger partial charge < -0.3 is 4.74 Å². The summed E-state index contributed by atoms with van der Waals surface area (Å²) in [7, 11) is 1.34. The third-order valence-electron chi connectivity index (χ3n) is 2.47. The Morgan fingerprint density at radius 3 is 2.78 bits per heavy atom. The summed E-state index contributed by atoms with van der Waals surface area (Å²) in [4.78, 5) is 14.4. The first-order valence-electron chi connectivity index (χ1n) is 5.11. The highest BCUT2D eigenvalue weighted by atomic mass is 19.1. The molecule has 0 aliphatic heterocycles. The van der Waals surface area contributed by atoms with Gasteiger partial charge in [0.2, 0.25) is 0 Å². The molecule has 0 aliphatic carbocycles. The summed E-state index contributed by atoms with van der Waals surface area (Å²) in [6.45, 7) is 0. The van der Waals surface area contributed by atoms with E-state index in [2.05, 4.69) is 4.98 Å². The number of carbonyl (C=O) groups excluding carboxylic acids is 1. The largest absolute Gasteiger partial charge is 0.494 e. The quantitative estimate of drug-likeness (QED) is 0.785. The van der Waals surface area contributed by atoms with E-state index in [-0.39, 0.29) is 22.6 Å². The number of rotatable bonds is 3. The van der Waals surface area contributed by atoms with Crippen molar-refractivity contribution < 1.29 is 18.3 Å². The molecule has 1 aromatic carbocycles. The summed E-state index contributed by atoms with van der Waals surface area (Å²) in [5.41, 5.74) is 0.162. The highest BCUT2D eigenvalue weighted by molar-refractivity contribution is 5.78. The van der Waals surface area contributed by atoms with E-state index >= 15 is 0 Å². The summed E-state index contributed by atoms with van der Waals surface area (Å²) in [5.74, 6) is -1.28. The van der Waals surface area contributed by atoms with Crippen LogP contribution in [0.25, 0.3) is 11.3 Å². The minimum absolute atomic E-state index is 0.0614. The zero-order valence-corrected chi connectivity index (χ0v) is 9.48. The van der Waals surface area contributed by atoms with Gasteiger partial charge in [0.05, 0.1) is 24.6 Å². The van der Waals surface area contributed by atoms with Crippen LogP contribution in [0.1, 0.15) is 10.4 Å². The lowest BCUT2D eigenvalue weighted by molar-refractivity contribution is 0.111. The maximum Gasteiger partial charge on any atom is 0.174 e. The number of carbonyl (C=O) groups is 1. The number of hydrogen-bond donors (Lipinski definition) is 0. The molecule has 0 fully saturated rings. The van der Waals surface area contributed by atoms with E-state index in [0.29, 0.717) is 6.29 Å². The van der Waals surface area contributed by atoms with Crippen molar-refractivity contribution in [2.45, 2.75) is 0 Å². The topological polar surface area (TPSA) is 39.2 Å². The fraction of sp³-hybridized carbons (Fsp3) is 0.0769. The highest BCUT2D eigenvalue weighted by Gasteiger charge is 2.13. The Morgan fingerprint density at radius 2 is 2.11 bits per heavy atom. The molecule has 0 unspecified atom stereocenters. The fourth-order valence-electron chi connectivity index (χ4n) is 1.56. The molecule has 0 saturated carbocycles. The molecule has 0 N–H and O–H groups in total. The second kappa shape index (κ2) is 4.91. The first-order chi connectivity index (χ1) is 8.67. The number of methoxy groups -OCH3 is 1. The number of aromatic nitrogens is 1. The number of ether oxygens (including phenoxy) is 1. The van der Waals surface area contributed by atoms with Crippen LogP contribution in [-0.2, 0) is 0 Å². The van der Waals surface area contributed by atoms with Crippen molar-refractivity contribution in [3.05, 3.63) is 47.7 Å². The molecule has 1 heterocycles. The minimum atomic E-state index is -0.739. The van der Waals surface area contributed by atoms with E-state index in [0.717, 1.165) is 6.20 Å². The van der Waals surface area contributed by atoms with Gasteiger partial charge in [-0.2, -0.15) is 0 Å². The number of hydrogen-bond acceptors (Lipinski definition) is 3. The van der Waals surface area contributed by atoms with E-state index in [1.54, 1.807) is 6.07 Å². The predicted octanol–water partition coefficient (Wildman–Crippen LogP) is 2.85. The lowest BCUT2D eigenvalue weighted by Crippen LogP contribution is -1.96. The maximum absolute atomic E-state index is 13.9. The minimum Gasteiger partial charge on any atom is -0.494 e. The average molecular weight is 249 g/mol. The Kier molecular flexibility index (Phi) is 3.32. The van der Waals surface area contributed by atoms with Crippen LogP contribution < -0.4 is 4.74 Å². The summed E-state index contributed by atoms with van der Waals surface area (Å²) in [5, 5.41) is 0. The van der Waals surface area contributed by atoms with Crippen molar-refractivity contribution in [2.24, 2.45) is 0 Å². The summed E-state index contributed by atoms with van der Waals surface area (Å²) >= 11 is 0. The predicted molar refractivity (Wildman–Crippen MR) is 61.5 cm³/mol. The van der Waals surface area contributed by atoms with Crippen molar-refractivity contribution in [1.29, 1.82) is 0 Å². The monoisotopic (exact) mass is 249 g/mol. The number of pyridine rings is 1. The first kappa shape index (κ1) is 12.2. The van der Waals surface area contributed by atoms with Gasteiger partial charge >= 0.3 is 0 Å². The third kappa shape index (κ3) is 2.07. The van der Waals surface area contributed by atoms with E-state index in [9.17, 15) is 13.6 Å². The molecule has 2 aromatic rings. The summed E-state index contributed by atoms with van der Waals surface area (Å²) in [6, 6.07) is 5.72. The Bertz CT molecular complexity index is 600.